The van der Waals surface area contributed by atoms with Crippen LogP contribution in [0.3, 0.4) is 0 Å². The third-order valence-electron chi connectivity index (χ3n) is 5.11. The van der Waals surface area contributed by atoms with E-state index in [1.165, 1.54) is 0 Å². The molecule has 0 unspecified atom stereocenters. The fourth-order valence-electron chi connectivity index (χ4n) is 3.62. The van der Waals surface area contributed by atoms with Crippen LogP contribution in [0.2, 0.25) is 0 Å². The number of piperazine rings is 1. The Morgan fingerprint density at radius 1 is 1.14 bits per heavy atom. The topological polar surface area (TPSA) is 106 Å². The number of nitrogens with zero attached hydrogens (tertiary/aromatic N) is 4. The van der Waals surface area contributed by atoms with Crippen molar-refractivity contribution in [1.82, 2.24) is 15.2 Å². The molecule has 1 aromatic carbocycles. The minimum Gasteiger partial charge on any atom is -0.507 e. The lowest BCUT2D eigenvalue weighted by molar-refractivity contribution is 0.230. The maximum Gasteiger partial charge on any atom is 0.183 e. The fraction of sp³-hybridized carbons (Fsp3) is 0.250. The number of furan rings is 1. The highest BCUT2D eigenvalue weighted by Crippen LogP contribution is 2.41. The predicted octanol–water partition coefficient (Wildman–Crippen LogP) is 3.24. The van der Waals surface area contributed by atoms with Crippen LogP contribution in [0.4, 0.5) is 5.82 Å². The van der Waals surface area contributed by atoms with E-state index in [4.69, 9.17) is 4.42 Å². The zero-order chi connectivity index (χ0) is 19.1. The van der Waals surface area contributed by atoms with Gasteiger partial charge < -0.3 is 19.9 Å². The normalized spacial score (nSPS) is 18.2. The Balaban J connectivity index is 1.57. The summed E-state index contributed by atoms with van der Waals surface area (Å²) in [5, 5.41) is 33.2. The summed E-state index contributed by atoms with van der Waals surface area (Å²) in [5.41, 5.74) is 2.52. The molecule has 0 aliphatic carbocycles. The number of phenolic OH excluding ortho intramolecular Hbond substituents is 1. The van der Waals surface area contributed by atoms with Gasteiger partial charge in [0.15, 0.2) is 17.3 Å². The van der Waals surface area contributed by atoms with Gasteiger partial charge in [-0.25, -0.2) is 4.98 Å². The Morgan fingerprint density at radius 2 is 2.00 bits per heavy atom. The Hall–Kier alpha value is -3.23. The third kappa shape index (κ3) is 2.83. The molecule has 2 aliphatic rings. The standard InChI is InChI=1S/C20H19N5O3/c26-16-4-3-13-18(27)17(10-15-12-2-1-5-22-20(12)24-23-15)28-19(13)14(16)11-25-8-6-21-7-9-25/h1-5,10,21,26-27H,6-9,11H2. The van der Waals surface area contributed by atoms with Gasteiger partial charge in [-0.15, -0.1) is 10.2 Å². The average Bonchev–Trinajstić information content (AvgIpc) is 3.27. The molecule has 4 heterocycles. The molecule has 1 saturated heterocycles. The van der Waals surface area contributed by atoms with Gasteiger partial charge in [0, 0.05) is 50.6 Å². The molecule has 0 amide bonds. The summed E-state index contributed by atoms with van der Waals surface area (Å²) in [6, 6.07) is 6.94. The number of benzene rings is 1. The third-order valence-corrected chi connectivity index (χ3v) is 5.11. The maximum atomic E-state index is 10.7. The SMILES string of the molecule is Oc1ccc2c(O)c(C=C3N=Nc4ncccc43)oc2c1CN1CCNCC1. The highest BCUT2D eigenvalue weighted by atomic mass is 16.4. The number of hydrogen-bond donors (Lipinski definition) is 3. The fourth-order valence-corrected chi connectivity index (χ4v) is 3.62. The van der Waals surface area contributed by atoms with Gasteiger partial charge in [-0.2, -0.15) is 0 Å². The van der Waals surface area contributed by atoms with Crippen molar-refractivity contribution in [1.29, 1.82) is 0 Å². The number of phenols is 1. The van der Waals surface area contributed by atoms with E-state index in [0.29, 0.717) is 34.6 Å². The van der Waals surface area contributed by atoms with E-state index in [-0.39, 0.29) is 17.3 Å². The van der Waals surface area contributed by atoms with Crippen LogP contribution >= 0.6 is 0 Å². The first-order valence-corrected chi connectivity index (χ1v) is 9.19. The minimum atomic E-state index is 0.0246. The van der Waals surface area contributed by atoms with Crippen LogP contribution in [-0.4, -0.2) is 46.3 Å². The minimum absolute atomic E-state index is 0.0246. The van der Waals surface area contributed by atoms with Gasteiger partial charge in [0.05, 0.1) is 10.9 Å². The van der Waals surface area contributed by atoms with Gasteiger partial charge in [-0.1, -0.05) is 0 Å². The molecule has 0 atom stereocenters. The van der Waals surface area contributed by atoms with Gasteiger partial charge in [0.1, 0.15) is 17.0 Å². The molecule has 0 saturated carbocycles. The van der Waals surface area contributed by atoms with Crippen LogP contribution in [0.1, 0.15) is 16.9 Å². The van der Waals surface area contributed by atoms with Crippen molar-refractivity contribution < 1.29 is 14.6 Å². The van der Waals surface area contributed by atoms with E-state index in [1.807, 2.05) is 12.1 Å². The van der Waals surface area contributed by atoms with E-state index in [1.54, 1.807) is 24.4 Å². The molecule has 0 radical (unpaired) electrons. The smallest absolute Gasteiger partial charge is 0.183 e. The number of nitrogens with one attached hydrogen (secondary N) is 1. The second-order valence-corrected chi connectivity index (χ2v) is 6.89. The summed E-state index contributed by atoms with van der Waals surface area (Å²) in [6.45, 7) is 4.17. The quantitative estimate of drug-likeness (QED) is 0.647. The lowest BCUT2D eigenvalue weighted by Crippen LogP contribution is -2.42. The van der Waals surface area contributed by atoms with E-state index in [0.717, 1.165) is 31.7 Å². The molecular formula is C20H19N5O3. The van der Waals surface area contributed by atoms with Crippen LogP contribution in [0.25, 0.3) is 22.7 Å². The van der Waals surface area contributed by atoms with Crippen molar-refractivity contribution in [3.63, 3.8) is 0 Å². The van der Waals surface area contributed by atoms with Crippen molar-refractivity contribution in [2.45, 2.75) is 6.54 Å². The molecule has 2 aromatic heterocycles. The second kappa shape index (κ2) is 6.74. The van der Waals surface area contributed by atoms with Gasteiger partial charge >= 0.3 is 0 Å². The molecule has 8 heteroatoms. The molecule has 2 aliphatic heterocycles. The largest absolute Gasteiger partial charge is 0.507 e. The van der Waals surface area contributed by atoms with Gasteiger partial charge in [-0.3, -0.25) is 4.90 Å². The second-order valence-electron chi connectivity index (χ2n) is 6.89. The molecular weight excluding hydrogens is 358 g/mol. The number of azo groups is 1. The first-order chi connectivity index (χ1) is 13.7. The lowest BCUT2D eigenvalue weighted by Gasteiger charge is -2.27. The molecule has 3 aromatic rings. The van der Waals surface area contributed by atoms with Crippen molar-refractivity contribution in [2.75, 3.05) is 26.2 Å². The number of pyridine rings is 1. The number of hydrogen-bond acceptors (Lipinski definition) is 8. The zero-order valence-corrected chi connectivity index (χ0v) is 15.1. The maximum absolute atomic E-state index is 10.7. The van der Waals surface area contributed by atoms with E-state index in [9.17, 15) is 10.2 Å². The van der Waals surface area contributed by atoms with Gasteiger partial charge in [-0.05, 0) is 24.3 Å². The summed E-state index contributed by atoms with van der Waals surface area (Å²) < 4.78 is 5.98. The van der Waals surface area contributed by atoms with Crippen LogP contribution in [0.15, 0.2) is 45.1 Å². The Kier molecular flexibility index (Phi) is 4.07. The average molecular weight is 377 g/mol. The molecule has 0 spiro atoms. The van der Waals surface area contributed by atoms with Crippen molar-refractivity contribution in [2.24, 2.45) is 10.2 Å². The molecule has 142 valence electrons. The van der Waals surface area contributed by atoms with Crippen molar-refractivity contribution in [3.8, 4) is 11.5 Å². The highest BCUT2D eigenvalue weighted by Gasteiger charge is 2.22. The molecule has 0 bridgehead atoms. The number of aromatic nitrogens is 1. The molecule has 3 N–H and O–H groups in total. The first-order valence-electron chi connectivity index (χ1n) is 9.19. The van der Waals surface area contributed by atoms with Crippen molar-refractivity contribution >= 4 is 28.6 Å². The first kappa shape index (κ1) is 16.9. The van der Waals surface area contributed by atoms with Crippen LogP contribution < -0.4 is 5.32 Å². The van der Waals surface area contributed by atoms with Gasteiger partial charge in [0.25, 0.3) is 0 Å². The summed E-state index contributed by atoms with van der Waals surface area (Å²) in [7, 11) is 0. The summed E-state index contributed by atoms with van der Waals surface area (Å²) in [4.78, 5) is 6.41. The van der Waals surface area contributed by atoms with E-state index in [2.05, 4.69) is 25.4 Å². The number of rotatable bonds is 3. The zero-order valence-electron chi connectivity index (χ0n) is 15.1. The van der Waals surface area contributed by atoms with Crippen molar-refractivity contribution in [3.05, 3.63) is 47.3 Å². The Bertz CT molecular complexity index is 1110. The lowest BCUT2D eigenvalue weighted by atomic mass is 10.1. The summed E-state index contributed by atoms with van der Waals surface area (Å²) in [6.07, 6.45) is 3.31. The monoisotopic (exact) mass is 377 g/mol. The number of fused-ring (bicyclic) bond motifs is 2. The van der Waals surface area contributed by atoms with Crippen LogP contribution in [0.5, 0.6) is 11.5 Å². The van der Waals surface area contributed by atoms with Crippen LogP contribution in [-0.2, 0) is 6.54 Å². The molecule has 5 rings (SSSR count). The van der Waals surface area contributed by atoms with E-state index < -0.39 is 0 Å². The summed E-state index contributed by atoms with van der Waals surface area (Å²) >= 11 is 0. The highest BCUT2D eigenvalue weighted by molar-refractivity contribution is 5.94. The molecule has 8 nitrogen and oxygen atoms in total. The Labute approximate surface area is 160 Å². The molecule has 28 heavy (non-hydrogen) atoms. The summed E-state index contributed by atoms with van der Waals surface area (Å²) in [5.74, 6) is 1.01. The number of aromatic hydroxyl groups is 2. The molecule has 1 fully saturated rings. The van der Waals surface area contributed by atoms with Gasteiger partial charge in [0.2, 0.25) is 0 Å². The van der Waals surface area contributed by atoms with E-state index >= 15 is 0 Å². The predicted molar refractivity (Wildman–Crippen MR) is 104 cm³/mol. The van der Waals surface area contributed by atoms with Crippen LogP contribution in [0, 0.1) is 0 Å². The Morgan fingerprint density at radius 3 is 2.86 bits per heavy atom.